The number of anilines is 1. The molecule has 21 heavy (non-hydrogen) atoms. The second-order valence-electron chi connectivity index (χ2n) is 7.05. The van der Waals surface area contributed by atoms with Crippen LogP contribution in [0.5, 0.6) is 0 Å². The summed E-state index contributed by atoms with van der Waals surface area (Å²) in [5, 5.41) is 19.8. The van der Waals surface area contributed by atoms with E-state index in [2.05, 4.69) is 63.7 Å². The van der Waals surface area contributed by atoms with Crippen LogP contribution in [-0.2, 0) is 0 Å². The van der Waals surface area contributed by atoms with Gasteiger partial charge in [-0.15, -0.1) is 0 Å². The summed E-state index contributed by atoms with van der Waals surface area (Å²) in [6.45, 7) is 4.44. The number of rotatable bonds is 2. The number of benzene rings is 1. The molecule has 6 atom stereocenters. The SMILES string of the molecule is CC(C)c1ccc(N2N=N[C@H]3[C@H]4C[C@H]([C@@H]5N=N[C@H]45)[C@H]32)cc1. The lowest BCUT2D eigenvalue weighted by molar-refractivity contribution is 0.242. The van der Waals surface area contributed by atoms with Gasteiger partial charge in [0.1, 0.15) is 18.1 Å². The Kier molecular flexibility index (Phi) is 2.20. The van der Waals surface area contributed by atoms with Gasteiger partial charge in [-0.3, -0.25) is 0 Å². The van der Waals surface area contributed by atoms with E-state index in [0.717, 1.165) is 5.69 Å². The average molecular weight is 281 g/mol. The van der Waals surface area contributed by atoms with Crippen molar-refractivity contribution in [3.05, 3.63) is 29.8 Å². The molecule has 2 saturated carbocycles. The van der Waals surface area contributed by atoms with E-state index in [-0.39, 0.29) is 0 Å². The first-order valence-corrected chi connectivity index (χ1v) is 7.94. The Morgan fingerprint density at radius 3 is 2.33 bits per heavy atom. The third-order valence-corrected chi connectivity index (χ3v) is 5.72. The van der Waals surface area contributed by atoms with Gasteiger partial charge in [-0.1, -0.05) is 31.2 Å². The van der Waals surface area contributed by atoms with Gasteiger partial charge in [0.15, 0.2) is 0 Å². The van der Waals surface area contributed by atoms with Crippen LogP contribution >= 0.6 is 0 Å². The lowest BCUT2D eigenvalue weighted by Gasteiger charge is -2.38. The minimum Gasteiger partial charge on any atom is -0.242 e. The molecule has 5 rings (SSSR count). The molecular weight excluding hydrogens is 262 g/mol. The highest BCUT2D eigenvalue weighted by Gasteiger charge is 2.65. The minimum atomic E-state index is 0.334. The molecule has 108 valence electrons. The van der Waals surface area contributed by atoms with E-state index in [0.29, 0.717) is 41.9 Å². The molecule has 1 aromatic rings. The summed E-state index contributed by atoms with van der Waals surface area (Å²) in [5.74, 6) is 1.72. The maximum absolute atomic E-state index is 4.56. The van der Waals surface area contributed by atoms with Crippen molar-refractivity contribution in [1.29, 1.82) is 0 Å². The number of azo groups is 1. The topological polar surface area (TPSA) is 52.7 Å². The van der Waals surface area contributed by atoms with E-state index in [1.54, 1.807) is 0 Å². The van der Waals surface area contributed by atoms with Crippen molar-refractivity contribution in [2.24, 2.45) is 32.4 Å². The Morgan fingerprint density at radius 1 is 0.952 bits per heavy atom. The van der Waals surface area contributed by atoms with Crippen molar-refractivity contribution in [1.82, 2.24) is 0 Å². The maximum atomic E-state index is 4.56. The van der Waals surface area contributed by atoms with Crippen molar-refractivity contribution in [2.45, 2.75) is 50.4 Å². The summed E-state index contributed by atoms with van der Waals surface area (Å²) < 4.78 is 0. The Balaban J connectivity index is 1.46. The van der Waals surface area contributed by atoms with Gasteiger partial charge >= 0.3 is 0 Å². The van der Waals surface area contributed by atoms with Crippen molar-refractivity contribution in [3.63, 3.8) is 0 Å². The largest absolute Gasteiger partial charge is 0.242 e. The summed E-state index contributed by atoms with van der Waals surface area (Å²) in [6.07, 6.45) is 1.22. The van der Waals surface area contributed by atoms with Gasteiger partial charge < -0.3 is 0 Å². The zero-order valence-electron chi connectivity index (χ0n) is 12.3. The molecule has 4 aliphatic rings. The van der Waals surface area contributed by atoms with Gasteiger partial charge in [-0.05, 0) is 30.0 Å². The number of hydrogen-bond acceptors (Lipinski definition) is 5. The summed E-state index contributed by atoms with van der Waals surface area (Å²) in [6, 6.07) is 10.4. The molecule has 2 aliphatic carbocycles. The van der Waals surface area contributed by atoms with Crippen molar-refractivity contribution in [3.8, 4) is 0 Å². The first-order valence-electron chi connectivity index (χ1n) is 7.94. The minimum absolute atomic E-state index is 0.334. The van der Waals surface area contributed by atoms with Gasteiger partial charge in [0.2, 0.25) is 0 Å². The quantitative estimate of drug-likeness (QED) is 0.817. The molecule has 0 saturated heterocycles. The zero-order valence-corrected chi connectivity index (χ0v) is 12.3. The fourth-order valence-electron chi connectivity index (χ4n) is 4.57. The Labute approximate surface area is 124 Å². The molecule has 5 heteroatoms. The van der Waals surface area contributed by atoms with Crippen molar-refractivity contribution < 1.29 is 0 Å². The van der Waals surface area contributed by atoms with Crippen LogP contribution in [0.15, 0.2) is 44.8 Å². The smallest absolute Gasteiger partial charge is 0.101 e. The standard InChI is InChI=1S/C16H19N5/c1-8(2)9-3-5-10(6-4-9)21-16-12-7-11(15(16)19-20-21)13-14(12)18-17-13/h3-6,8,11-16H,7H2,1-2H3/t11-,12+,13+,14-,15-,16+/m0/s1. The maximum Gasteiger partial charge on any atom is 0.101 e. The highest BCUT2D eigenvalue weighted by molar-refractivity contribution is 5.50. The highest BCUT2D eigenvalue weighted by atomic mass is 15.6. The van der Waals surface area contributed by atoms with Crippen LogP contribution in [0.3, 0.4) is 0 Å². The Bertz CT molecular complexity index is 635. The van der Waals surface area contributed by atoms with Crippen molar-refractivity contribution >= 4 is 5.69 Å². The molecule has 2 bridgehead atoms. The summed E-state index contributed by atoms with van der Waals surface area (Å²) in [5.41, 5.74) is 2.53. The second kappa shape index (κ2) is 3.90. The molecule has 2 fully saturated rings. The fraction of sp³-hybridized carbons (Fsp3) is 0.625. The second-order valence-corrected chi connectivity index (χ2v) is 7.05. The van der Waals surface area contributed by atoms with Gasteiger partial charge in [0.05, 0.1) is 11.7 Å². The van der Waals surface area contributed by atoms with Gasteiger partial charge in [0.25, 0.3) is 0 Å². The molecule has 0 aromatic heterocycles. The van der Waals surface area contributed by atoms with Crippen LogP contribution in [0.25, 0.3) is 0 Å². The molecule has 2 aliphatic heterocycles. The molecule has 2 heterocycles. The molecule has 5 nitrogen and oxygen atoms in total. The number of fused-ring (bicyclic) bond motifs is 8. The van der Waals surface area contributed by atoms with E-state index in [4.69, 9.17) is 0 Å². The van der Waals surface area contributed by atoms with E-state index in [1.165, 1.54) is 12.0 Å². The molecule has 0 spiro atoms. The average Bonchev–Trinajstić information content (AvgIpc) is 3.06. The van der Waals surface area contributed by atoms with Crippen LogP contribution in [-0.4, -0.2) is 24.2 Å². The van der Waals surface area contributed by atoms with E-state index in [1.807, 2.05) is 0 Å². The number of hydrogen-bond donors (Lipinski definition) is 0. The third kappa shape index (κ3) is 1.41. The summed E-state index contributed by atoms with van der Waals surface area (Å²) >= 11 is 0. The zero-order chi connectivity index (χ0) is 14.1. The molecule has 0 amide bonds. The molecule has 1 aromatic carbocycles. The van der Waals surface area contributed by atoms with Crippen LogP contribution in [0.2, 0.25) is 0 Å². The van der Waals surface area contributed by atoms with Crippen LogP contribution in [0, 0.1) is 11.8 Å². The summed E-state index contributed by atoms with van der Waals surface area (Å²) in [7, 11) is 0. The van der Waals surface area contributed by atoms with Gasteiger partial charge in [-0.2, -0.15) is 15.3 Å². The lowest BCUT2D eigenvalue weighted by atomic mass is 9.82. The molecule has 0 N–H and O–H groups in total. The molecular formula is C16H19N5. The lowest BCUT2D eigenvalue weighted by Crippen LogP contribution is -2.52. The van der Waals surface area contributed by atoms with E-state index < -0.39 is 0 Å². The van der Waals surface area contributed by atoms with Crippen LogP contribution < -0.4 is 5.01 Å². The first kappa shape index (κ1) is 11.8. The predicted octanol–water partition coefficient (Wildman–Crippen LogP) is 3.59. The Morgan fingerprint density at radius 2 is 1.67 bits per heavy atom. The predicted molar refractivity (Wildman–Crippen MR) is 79.5 cm³/mol. The van der Waals surface area contributed by atoms with Crippen molar-refractivity contribution in [2.75, 3.05) is 5.01 Å². The third-order valence-electron chi connectivity index (χ3n) is 5.72. The number of nitrogens with zero attached hydrogens (tertiary/aromatic N) is 5. The monoisotopic (exact) mass is 281 g/mol. The molecule has 0 radical (unpaired) electrons. The first-order chi connectivity index (χ1) is 10.2. The fourth-order valence-corrected chi connectivity index (χ4v) is 4.57. The molecule has 0 unspecified atom stereocenters. The van der Waals surface area contributed by atoms with E-state index in [9.17, 15) is 0 Å². The van der Waals surface area contributed by atoms with Crippen LogP contribution in [0.1, 0.15) is 31.7 Å². The highest BCUT2D eigenvalue weighted by Crippen LogP contribution is 2.56. The van der Waals surface area contributed by atoms with Gasteiger partial charge in [0, 0.05) is 11.8 Å². The normalized spacial score (nSPS) is 41.6. The van der Waals surface area contributed by atoms with Crippen LogP contribution in [0.4, 0.5) is 5.69 Å². The van der Waals surface area contributed by atoms with Gasteiger partial charge in [-0.25, -0.2) is 5.01 Å². The Hall–Kier alpha value is -1.78. The van der Waals surface area contributed by atoms with E-state index >= 15 is 0 Å². The summed E-state index contributed by atoms with van der Waals surface area (Å²) in [4.78, 5) is 0.